The second-order valence-electron chi connectivity index (χ2n) is 10.7. The maximum atomic E-state index is 12.3. The number of hydrogen-bond donors (Lipinski definition) is 0. The molecule has 56 heavy (non-hydrogen) atoms. The van der Waals surface area contributed by atoms with Crippen LogP contribution >= 0.6 is 0 Å². The van der Waals surface area contributed by atoms with Crippen molar-refractivity contribution < 1.29 is 82.8 Å². The summed E-state index contributed by atoms with van der Waals surface area (Å²) >= 11 is 0. The van der Waals surface area contributed by atoms with E-state index in [2.05, 4.69) is 38.9 Å². The molecule has 4 aromatic rings. The normalized spacial score (nSPS) is 11.2. The number of halogens is 8. The Bertz CT molecular complexity index is 1800. The van der Waals surface area contributed by atoms with Gasteiger partial charge in [0, 0.05) is 77.3 Å². The lowest BCUT2D eigenvalue weighted by Crippen LogP contribution is -2.30. The van der Waals surface area contributed by atoms with Gasteiger partial charge in [0.2, 0.25) is 0 Å². The summed E-state index contributed by atoms with van der Waals surface area (Å²) < 4.78 is 119. The number of carbonyl (C=O) groups is 6. The van der Waals surface area contributed by atoms with Crippen molar-refractivity contribution >= 4 is 35.9 Å². The Kier molecular flexibility index (Phi) is 18.2. The van der Waals surface area contributed by atoms with Gasteiger partial charge in [0.05, 0.1) is 0 Å². The van der Waals surface area contributed by atoms with Crippen molar-refractivity contribution in [3.8, 4) is 0 Å². The van der Waals surface area contributed by atoms with Crippen LogP contribution in [0.5, 0.6) is 0 Å². The van der Waals surface area contributed by atoms with E-state index in [0.717, 1.165) is 24.6 Å². The van der Waals surface area contributed by atoms with Gasteiger partial charge in [-0.05, 0) is 0 Å². The molecule has 0 radical (unpaired) electrons. The molecule has 0 saturated heterocycles. The molecule has 0 aliphatic heterocycles. The third-order valence-corrected chi connectivity index (χ3v) is 5.37. The van der Waals surface area contributed by atoms with Crippen LogP contribution < -0.4 is 0 Å². The van der Waals surface area contributed by atoms with Crippen LogP contribution in [0.4, 0.5) is 44.7 Å². The fourth-order valence-electron chi connectivity index (χ4n) is 2.80. The Morgan fingerprint density at radius 2 is 0.875 bits per heavy atom. The van der Waals surface area contributed by atoms with Crippen LogP contribution in [0.25, 0.3) is 0 Å². The molecule has 0 bridgehead atoms. The van der Waals surface area contributed by atoms with Crippen molar-refractivity contribution in [2.24, 2.45) is 0 Å². The third kappa shape index (κ3) is 19.0. The number of esters is 2. The van der Waals surface area contributed by atoms with Crippen molar-refractivity contribution in [1.82, 2.24) is 38.2 Å². The molecule has 0 aliphatic carbocycles. The zero-order valence-electron chi connectivity index (χ0n) is 29.4. The molecule has 0 aromatic carbocycles. The number of rotatable bonds is 10. The Labute approximate surface area is 309 Å². The highest BCUT2D eigenvalue weighted by molar-refractivity contribution is 5.85. The highest BCUT2D eigenvalue weighted by atomic mass is 19.3. The van der Waals surface area contributed by atoms with Crippen LogP contribution in [-0.4, -0.2) is 124 Å². The summed E-state index contributed by atoms with van der Waals surface area (Å²) in [5.74, 6) is -18.8. The van der Waals surface area contributed by atoms with Gasteiger partial charge in [-0.2, -0.15) is 26.3 Å². The molecule has 0 atom stereocenters. The maximum absolute atomic E-state index is 12.3. The van der Waals surface area contributed by atoms with Crippen LogP contribution in [0, 0.1) is 0 Å². The Morgan fingerprint density at radius 1 is 0.500 bits per heavy atom. The van der Waals surface area contributed by atoms with Gasteiger partial charge in [-0.3, -0.25) is 18.7 Å². The Balaban J connectivity index is 0.000000378. The first-order valence-corrected chi connectivity index (χ1v) is 15.0. The van der Waals surface area contributed by atoms with E-state index >= 15 is 0 Å². The standard InChI is InChI=1S/C9H10F2N2O4.C8H8F2N2O3.C7H8F2N2O2.C6H6F2N2O/c1-9(10,11)7(14)16-4-5-17-8(15)13-3-2-12-6-13;1-8(9,10)7(14)15-4-6(13)12-3-2-11-5-12;1-7(8,9)4-13-6(12)11-3-2-10-5-11;1-6(7,8)5(11)10-3-2-9-4-10/h2-3,6H,4-5H2,1H3;2-3,5H,4H2,1H3;2-3,5H,4H2,1H3;2-4H,1H3. The molecule has 0 amide bonds. The molecule has 4 rings (SSSR count). The van der Waals surface area contributed by atoms with Crippen LogP contribution in [0.15, 0.2) is 74.9 Å². The average Bonchev–Trinajstić information content (AvgIpc) is 3.94. The topological polar surface area (TPSA) is 211 Å². The number of imidazole rings is 4. The number of alkyl halides is 8. The second kappa shape index (κ2) is 21.4. The van der Waals surface area contributed by atoms with Crippen LogP contribution in [0.1, 0.15) is 37.3 Å². The van der Waals surface area contributed by atoms with Gasteiger partial charge in [0.15, 0.2) is 13.2 Å². The van der Waals surface area contributed by atoms with E-state index in [1.807, 2.05) is 0 Å². The predicted molar refractivity (Wildman–Crippen MR) is 168 cm³/mol. The maximum Gasteiger partial charge on any atom is 0.419 e. The van der Waals surface area contributed by atoms with Crippen molar-refractivity contribution in [3.63, 3.8) is 0 Å². The highest BCUT2D eigenvalue weighted by Gasteiger charge is 2.35. The summed E-state index contributed by atoms with van der Waals surface area (Å²) in [6.45, 7) is -0.350. The first-order chi connectivity index (χ1) is 25.8. The fourth-order valence-corrected chi connectivity index (χ4v) is 2.80. The van der Waals surface area contributed by atoms with Gasteiger partial charge in [-0.25, -0.2) is 57.0 Å². The monoisotopic (exact) mass is 816 g/mol. The second-order valence-corrected chi connectivity index (χ2v) is 10.7. The molecule has 0 saturated carbocycles. The summed E-state index contributed by atoms with van der Waals surface area (Å²) in [4.78, 5) is 79.3. The van der Waals surface area contributed by atoms with E-state index in [1.165, 1.54) is 68.6 Å². The fraction of sp³-hybridized carbons (Fsp3) is 0.400. The minimum Gasteiger partial charge on any atom is -0.458 e. The Morgan fingerprint density at radius 3 is 1.25 bits per heavy atom. The molecule has 4 aromatic heterocycles. The summed E-state index contributed by atoms with van der Waals surface area (Å²) in [7, 11) is 0. The number of carbonyl (C=O) groups excluding carboxylic acids is 6. The highest BCUT2D eigenvalue weighted by Crippen LogP contribution is 2.15. The van der Waals surface area contributed by atoms with E-state index in [0.29, 0.717) is 27.7 Å². The van der Waals surface area contributed by atoms with Gasteiger partial charge >= 0.3 is 47.8 Å². The van der Waals surface area contributed by atoms with Gasteiger partial charge in [-0.15, -0.1) is 0 Å². The first kappa shape index (κ1) is 47.5. The molecule has 308 valence electrons. The summed E-state index contributed by atoms with van der Waals surface area (Å²) in [5, 5.41) is 0. The number of nitrogens with zero attached hydrogens (tertiary/aromatic N) is 8. The van der Waals surface area contributed by atoms with Crippen LogP contribution in [0.2, 0.25) is 0 Å². The van der Waals surface area contributed by atoms with Crippen LogP contribution in [0.3, 0.4) is 0 Å². The van der Waals surface area contributed by atoms with Crippen molar-refractivity contribution in [2.45, 2.75) is 51.4 Å². The van der Waals surface area contributed by atoms with E-state index in [9.17, 15) is 63.9 Å². The SMILES string of the molecule is CC(F)(F)C(=O)OCC(=O)n1ccnc1.CC(F)(F)C(=O)OCCOC(=O)n1ccnc1.CC(F)(F)C(=O)n1ccnc1.CC(F)(F)COC(=O)n1ccnc1. The Hall–Kier alpha value is -6.50. The largest absolute Gasteiger partial charge is 0.458 e. The van der Waals surface area contributed by atoms with E-state index in [-0.39, 0.29) is 6.61 Å². The summed E-state index contributed by atoms with van der Waals surface area (Å²) in [6.07, 6.45) is 13.5. The van der Waals surface area contributed by atoms with E-state index in [1.54, 1.807) is 0 Å². The molecule has 0 fully saturated rings. The molecule has 0 unspecified atom stereocenters. The summed E-state index contributed by atoms with van der Waals surface area (Å²) in [5.41, 5.74) is 0. The number of aromatic nitrogens is 8. The minimum atomic E-state index is -3.59. The van der Waals surface area contributed by atoms with E-state index in [4.69, 9.17) is 0 Å². The smallest absolute Gasteiger partial charge is 0.419 e. The number of ether oxygens (including phenoxy) is 4. The van der Waals surface area contributed by atoms with E-state index < -0.39 is 79.5 Å². The van der Waals surface area contributed by atoms with Crippen LogP contribution in [-0.2, 0) is 28.5 Å². The molecule has 0 N–H and O–H groups in total. The van der Waals surface area contributed by atoms with Gasteiger partial charge in [0.25, 0.3) is 11.8 Å². The van der Waals surface area contributed by atoms with Gasteiger partial charge in [0.1, 0.15) is 38.5 Å². The first-order valence-electron chi connectivity index (χ1n) is 15.0. The molecule has 0 aliphatic rings. The molecule has 18 nitrogen and oxygen atoms in total. The van der Waals surface area contributed by atoms with Gasteiger partial charge < -0.3 is 18.9 Å². The lowest BCUT2D eigenvalue weighted by Gasteiger charge is -2.10. The molecule has 0 spiro atoms. The molecular formula is C30H32F8N8O10. The predicted octanol–water partition coefficient (Wildman–Crippen LogP) is 4.49. The van der Waals surface area contributed by atoms with Gasteiger partial charge in [-0.1, -0.05) is 0 Å². The number of hydrogen-bond acceptors (Lipinski definition) is 14. The van der Waals surface area contributed by atoms with Crippen molar-refractivity contribution in [2.75, 3.05) is 26.4 Å². The third-order valence-electron chi connectivity index (χ3n) is 5.37. The zero-order chi connectivity index (χ0) is 42.7. The minimum absolute atomic E-state index is 0.307. The summed E-state index contributed by atoms with van der Waals surface area (Å²) in [6, 6.07) is 0. The lowest BCUT2D eigenvalue weighted by molar-refractivity contribution is -0.170. The lowest BCUT2D eigenvalue weighted by atomic mass is 10.3. The van der Waals surface area contributed by atoms with Crippen molar-refractivity contribution in [3.05, 3.63) is 74.9 Å². The molecule has 26 heteroatoms. The quantitative estimate of drug-likeness (QED) is 0.0935. The molecular weight excluding hydrogens is 784 g/mol. The average molecular weight is 817 g/mol. The zero-order valence-corrected chi connectivity index (χ0v) is 29.4. The van der Waals surface area contributed by atoms with Crippen molar-refractivity contribution in [1.29, 1.82) is 0 Å². The molecule has 4 heterocycles.